The van der Waals surface area contributed by atoms with Crippen LogP contribution in [0.25, 0.3) is 0 Å². The van der Waals surface area contributed by atoms with Gasteiger partial charge in [0.05, 0.1) is 27.7 Å². The van der Waals surface area contributed by atoms with Crippen molar-refractivity contribution in [3.63, 3.8) is 0 Å². The van der Waals surface area contributed by atoms with Gasteiger partial charge in [0.25, 0.3) is 7.82 Å². The predicted octanol–water partition coefficient (Wildman–Crippen LogP) is 18.4. The summed E-state index contributed by atoms with van der Waals surface area (Å²) in [5.41, 5.74) is 0. The van der Waals surface area contributed by atoms with E-state index < -0.39 is 32.5 Å². The first-order valence-electron chi connectivity index (χ1n) is 30.3. The number of esters is 2. The van der Waals surface area contributed by atoms with Crippen molar-refractivity contribution in [2.75, 3.05) is 47.5 Å². The first-order valence-corrected chi connectivity index (χ1v) is 31.8. The molecule has 0 saturated carbocycles. The highest BCUT2D eigenvalue weighted by Crippen LogP contribution is 2.38. The summed E-state index contributed by atoms with van der Waals surface area (Å²) in [6, 6.07) is 0. The van der Waals surface area contributed by atoms with Crippen molar-refractivity contribution >= 4 is 19.8 Å². The Labute approximate surface area is 456 Å². The fourth-order valence-electron chi connectivity index (χ4n) is 8.31. The molecule has 9 nitrogen and oxygen atoms in total. The van der Waals surface area contributed by atoms with Crippen molar-refractivity contribution in [1.82, 2.24) is 0 Å². The maximum atomic E-state index is 12.8. The minimum absolute atomic E-state index is 0.0354. The van der Waals surface area contributed by atoms with Gasteiger partial charge in [-0.15, -0.1) is 0 Å². The molecule has 0 aromatic carbocycles. The molecule has 0 aliphatic heterocycles. The summed E-state index contributed by atoms with van der Waals surface area (Å²) in [6.07, 6.45) is 73.7. The summed E-state index contributed by atoms with van der Waals surface area (Å²) in [5.74, 6) is -0.848. The Hall–Kier alpha value is -2.81. The smallest absolute Gasteiger partial charge is 0.306 e. The van der Waals surface area contributed by atoms with Gasteiger partial charge in [0, 0.05) is 12.8 Å². The Morgan fingerprint density at radius 1 is 0.419 bits per heavy atom. The standard InChI is InChI=1S/C64H114NO8P/c1-6-8-10-12-14-16-18-20-22-23-24-25-26-27-28-29-30-31-32-33-34-35-36-37-38-39-40-41-43-45-47-49-51-53-55-57-64(67)73-62(61-72-74(68,69)71-59-58-65(3,4)5)60-70-63(66)56-54-52-50-48-46-44-42-21-19-17-15-13-11-9-7-2/h8-11,14-17,20-22,24-25,42,62H,6-7,12-13,18-19,23,26-41,43-61H2,1-5H3/b10-8-,11-9-,16-14-,17-15-,22-20-,25-24-,42-21-. The number of allylic oxidation sites excluding steroid dienone is 14. The fraction of sp³-hybridized carbons (Fsp3) is 0.750. The quantitative estimate of drug-likeness (QED) is 0.0195. The lowest BCUT2D eigenvalue weighted by atomic mass is 10.0. The second-order valence-electron chi connectivity index (χ2n) is 21.3. The first-order chi connectivity index (χ1) is 36.0. The van der Waals surface area contributed by atoms with Crippen molar-refractivity contribution in [1.29, 1.82) is 0 Å². The zero-order valence-corrected chi connectivity index (χ0v) is 49.4. The molecule has 0 amide bonds. The number of quaternary nitrogens is 1. The van der Waals surface area contributed by atoms with Crippen LogP contribution in [0.15, 0.2) is 85.1 Å². The molecule has 0 saturated heterocycles. The van der Waals surface area contributed by atoms with Crippen LogP contribution in [-0.4, -0.2) is 70.0 Å². The van der Waals surface area contributed by atoms with Gasteiger partial charge in [-0.1, -0.05) is 247 Å². The number of rotatable bonds is 55. The number of hydrogen-bond acceptors (Lipinski definition) is 8. The van der Waals surface area contributed by atoms with E-state index in [0.717, 1.165) is 96.3 Å². The van der Waals surface area contributed by atoms with E-state index in [1.807, 2.05) is 21.1 Å². The Kier molecular flexibility index (Phi) is 52.9. The average Bonchev–Trinajstić information content (AvgIpc) is 3.36. The first kappa shape index (κ1) is 71.2. The van der Waals surface area contributed by atoms with Crippen molar-refractivity contribution < 1.29 is 42.1 Å². The van der Waals surface area contributed by atoms with Gasteiger partial charge >= 0.3 is 11.9 Å². The molecular formula is C64H114NO8P. The van der Waals surface area contributed by atoms with Crippen LogP contribution in [0.1, 0.15) is 258 Å². The summed E-state index contributed by atoms with van der Waals surface area (Å²) in [5, 5.41) is 0. The molecule has 0 N–H and O–H groups in total. The lowest BCUT2D eigenvalue weighted by Gasteiger charge is -2.28. The normalized spacial score (nSPS) is 13.9. The van der Waals surface area contributed by atoms with Gasteiger partial charge in [-0.25, -0.2) is 0 Å². The Balaban J connectivity index is 3.99. The van der Waals surface area contributed by atoms with Gasteiger partial charge in [0.1, 0.15) is 19.8 Å². The topological polar surface area (TPSA) is 111 Å². The lowest BCUT2D eigenvalue weighted by Crippen LogP contribution is -2.37. The highest BCUT2D eigenvalue weighted by atomic mass is 31.2. The van der Waals surface area contributed by atoms with Crippen LogP contribution < -0.4 is 4.89 Å². The van der Waals surface area contributed by atoms with E-state index in [4.69, 9.17) is 18.5 Å². The fourth-order valence-corrected chi connectivity index (χ4v) is 9.04. The number of nitrogens with zero attached hydrogens (tertiary/aromatic N) is 1. The molecule has 0 radical (unpaired) electrons. The molecule has 74 heavy (non-hydrogen) atoms. The molecule has 0 heterocycles. The van der Waals surface area contributed by atoms with Gasteiger partial charge in [-0.2, -0.15) is 0 Å². The largest absolute Gasteiger partial charge is 0.756 e. The average molecular weight is 1060 g/mol. The molecule has 2 atom stereocenters. The number of likely N-dealkylation sites (N-methyl/N-ethyl adjacent to an activating group) is 1. The van der Waals surface area contributed by atoms with E-state index in [1.54, 1.807) is 0 Å². The number of phosphoric acid groups is 1. The summed E-state index contributed by atoms with van der Waals surface area (Å²) in [4.78, 5) is 37.8. The molecule has 2 unspecified atom stereocenters. The van der Waals surface area contributed by atoms with Crippen LogP contribution in [-0.2, 0) is 32.7 Å². The molecule has 0 spiro atoms. The number of carbonyl (C=O) groups is 2. The third-order valence-corrected chi connectivity index (χ3v) is 13.9. The lowest BCUT2D eigenvalue weighted by molar-refractivity contribution is -0.870. The van der Waals surface area contributed by atoms with E-state index in [2.05, 4.69) is 98.9 Å². The van der Waals surface area contributed by atoms with Gasteiger partial charge in [-0.3, -0.25) is 14.2 Å². The third-order valence-electron chi connectivity index (χ3n) is 12.9. The molecule has 0 aromatic rings. The molecule has 0 bridgehead atoms. The van der Waals surface area contributed by atoms with Crippen molar-refractivity contribution in [3.05, 3.63) is 85.1 Å². The monoisotopic (exact) mass is 1060 g/mol. The Morgan fingerprint density at radius 2 is 0.730 bits per heavy atom. The number of carbonyl (C=O) groups excluding carboxylic acids is 2. The molecule has 0 rings (SSSR count). The van der Waals surface area contributed by atoms with Crippen LogP contribution in [0.2, 0.25) is 0 Å². The van der Waals surface area contributed by atoms with E-state index in [0.29, 0.717) is 23.9 Å². The van der Waals surface area contributed by atoms with Gasteiger partial charge in [0.2, 0.25) is 0 Å². The molecule has 0 aliphatic rings. The molecule has 428 valence electrons. The number of phosphoric ester groups is 1. The third kappa shape index (κ3) is 58.5. The van der Waals surface area contributed by atoms with Crippen LogP contribution in [0.3, 0.4) is 0 Å². The number of unbranched alkanes of at least 4 members (excludes halogenated alkanes) is 27. The Morgan fingerprint density at radius 3 is 1.08 bits per heavy atom. The number of hydrogen-bond donors (Lipinski definition) is 0. The second-order valence-corrected chi connectivity index (χ2v) is 22.7. The SMILES string of the molecule is CC/C=C\C/C=C\C/C=C\C/C=C\CCCCCCCCCCCCCCCCCCCCCCCCC(=O)OC(COC(=O)CCCCCCC/C=C\C/C=C\C/C=C\CC)COP(=O)([O-])OCC[N+](C)(C)C. The molecular weight excluding hydrogens is 942 g/mol. The zero-order valence-electron chi connectivity index (χ0n) is 48.5. The predicted molar refractivity (Wildman–Crippen MR) is 314 cm³/mol. The maximum absolute atomic E-state index is 12.8. The highest BCUT2D eigenvalue weighted by Gasteiger charge is 2.22. The van der Waals surface area contributed by atoms with E-state index in [9.17, 15) is 19.0 Å². The summed E-state index contributed by atoms with van der Waals surface area (Å²) >= 11 is 0. The van der Waals surface area contributed by atoms with Gasteiger partial charge in [-0.05, 0) is 83.5 Å². The maximum Gasteiger partial charge on any atom is 0.306 e. The zero-order chi connectivity index (χ0) is 54.2. The van der Waals surface area contributed by atoms with Crippen molar-refractivity contribution in [2.45, 2.75) is 264 Å². The molecule has 10 heteroatoms. The van der Waals surface area contributed by atoms with Gasteiger partial charge in [0.15, 0.2) is 6.10 Å². The van der Waals surface area contributed by atoms with Crippen LogP contribution in [0, 0.1) is 0 Å². The van der Waals surface area contributed by atoms with Crippen molar-refractivity contribution in [2.24, 2.45) is 0 Å². The van der Waals surface area contributed by atoms with Crippen LogP contribution >= 0.6 is 7.82 Å². The van der Waals surface area contributed by atoms with Gasteiger partial charge < -0.3 is 27.9 Å². The van der Waals surface area contributed by atoms with Crippen molar-refractivity contribution in [3.8, 4) is 0 Å². The minimum atomic E-state index is -4.64. The van der Waals surface area contributed by atoms with E-state index in [1.165, 1.54) is 122 Å². The highest BCUT2D eigenvalue weighted by molar-refractivity contribution is 7.45. The van der Waals surface area contributed by atoms with Crippen LogP contribution in [0.5, 0.6) is 0 Å². The molecule has 0 fully saturated rings. The molecule has 0 aromatic heterocycles. The van der Waals surface area contributed by atoms with E-state index >= 15 is 0 Å². The molecule has 0 aliphatic carbocycles. The summed E-state index contributed by atoms with van der Waals surface area (Å²) in [7, 11) is 1.16. The second kappa shape index (κ2) is 55.0. The van der Waals surface area contributed by atoms with Crippen LogP contribution in [0.4, 0.5) is 0 Å². The number of ether oxygens (including phenoxy) is 2. The Bertz CT molecular complexity index is 1520. The van der Waals surface area contributed by atoms with E-state index in [-0.39, 0.29) is 26.1 Å². The minimum Gasteiger partial charge on any atom is -0.756 e. The summed E-state index contributed by atoms with van der Waals surface area (Å²) < 4.78 is 34.1. The summed E-state index contributed by atoms with van der Waals surface area (Å²) in [6.45, 7) is 4.01.